The molecule has 1 atom stereocenters. The van der Waals surface area contributed by atoms with Crippen molar-refractivity contribution in [1.82, 2.24) is 9.88 Å². The molecule has 48 heavy (non-hydrogen) atoms. The lowest BCUT2D eigenvalue weighted by atomic mass is 9.86. The molecule has 0 bridgehead atoms. The number of para-hydroxylation sites is 1. The van der Waals surface area contributed by atoms with E-state index in [1.54, 1.807) is 43.6 Å². The number of piperazine rings is 1. The van der Waals surface area contributed by atoms with Crippen LogP contribution in [0.15, 0.2) is 90.1 Å². The molecule has 250 valence electrons. The fraction of sp³-hybridized carbons (Fsp3) is 0.265. The van der Waals surface area contributed by atoms with Crippen LogP contribution in [0.3, 0.4) is 0 Å². The molecule has 12 nitrogen and oxygen atoms in total. The summed E-state index contributed by atoms with van der Waals surface area (Å²) in [7, 11) is -1.94. The van der Waals surface area contributed by atoms with Crippen LogP contribution in [0.5, 0.6) is 17.2 Å². The Morgan fingerprint density at radius 2 is 1.69 bits per heavy atom. The first-order chi connectivity index (χ1) is 23.1. The van der Waals surface area contributed by atoms with Crippen LogP contribution in [-0.2, 0) is 25.2 Å². The summed E-state index contributed by atoms with van der Waals surface area (Å²) in [4.78, 5) is 36.6. The van der Waals surface area contributed by atoms with Crippen molar-refractivity contribution in [3.63, 3.8) is 0 Å². The van der Waals surface area contributed by atoms with Gasteiger partial charge < -0.3 is 28.7 Å². The number of rotatable bonds is 9. The van der Waals surface area contributed by atoms with Gasteiger partial charge in [-0.25, -0.2) is 13.2 Å². The Kier molecular flexibility index (Phi) is 9.08. The number of carbonyl (C=O) groups is 2. The normalized spacial score (nSPS) is 17.6. The van der Waals surface area contributed by atoms with E-state index in [-0.39, 0.29) is 57.9 Å². The van der Waals surface area contributed by atoms with Gasteiger partial charge >= 0.3 is 6.09 Å². The topological polar surface area (TPSA) is 128 Å². The van der Waals surface area contributed by atoms with Crippen LogP contribution < -0.4 is 23.4 Å². The van der Waals surface area contributed by atoms with E-state index < -0.39 is 27.6 Å². The average molecular weight is 693 g/mol. The predicted octanol–water partition coefficient (Wildman–Crippen LogP) is 5.09. The maximum absolute atomic E-state index is 15.0. The first-order valence-corrected chi connectivity index (χ1v) is 16.9. The van der Waals surface area contributed by atoms with E-state index in [9.17, 15) is 13.2 Å². The Morgan fingerprint density at radius 3 is 2.38 bits per heavy atom. The first kappa shape index (κ1) is 32.9. The highest BCUT2D eigenvalue weighted by molar-refractivity contribution is 7.93. The average Bonchev–Trinajstić information content (AvgIpc) is 3.36. The van der Waals surface area contributed by atoms with Crippen molar-refractivity contribution < 1.29 is 37.0 Å². The highest BCUT2D eigenvalue weighted by atomic mass is 35.5. The van der Waals surface area contributed by atoms with Gasteiger partial charge in [0.2, 0.25) is 5.60 Å². The number of hydrogen-bond donors (Lipinski definition) is 0. The minimum Gasteiger partial charge on any atom is -0.497 e. The highest BCUT2D eigenvalue weighted by Gasteiger charge is 2.61. The van der Waals surface area contributed by atoms with Crippen molar-refractivity contribution in [3.05, 3.63) is 101 Å². The fourth-order valence-electron chi connectivity index (χ4n) is 6.00. The minimum atomic E-state index is -4.68. The number of hydrogen-bond acceptors (Lipinski definition) is 10. The Balaban J connectivity index is 1.47. The summed E-state index contributed by atoms with van der Waals surface area (Å²) in [5, 5.41) is 0.197. The molecule has 2 aliphatic heterocycles. The SMILES string of the molecule is CCOc1ccccc1C1(OC(=O)N2CCN(c3cccnc3)CC2)C(=O)N(S(=O)(=O)c2ccc(OC)cc2OC)c2ccc(Cl)cc21. The van der Waals surface area contributed by atoms with Gasteiger partial charge in [-0.3, -0.25) is 9.78 Å². The van der Waals surface area contributed by atoms with Crippen molar-refractivity contribution >= 4 is 45.0 Å². The molecule has 1 saturated heterocycles. The summed E-state index contributed by atoms with van der Waals surface area (Å²) < 4.78 is 52.6. The van der Waals surface area contributed by atoms with Crippen LogP contribution >= 0.6 is 11.6 Å². The zero-order chi connectivity index (χ0) is 34.1. The number of halogens is 1. The van der Waals surface area contributed by atoms with Gasteiger partial charge in [0.15, 0.2) is 0 Å². The summed E-state index contributed by atoms with van der Waals surface area (Å²) in [6.07, 6.45) is 2.62. The number of nitrogens with zero attached hydrogens (tertiary/aromatic N) is 4. The monoisotopic (exact) mass is 692 g/mol. The van der Waals surface area contributed by atoms with Crippen LogP contribution in [0, 0.1) is 0 Å². The van der Waals surface area contributed by atoms with Gasteiger partial charge in [-0.15, -0.1) is 0 Å². The van der Waals surface area contributed by atoms with Gasteiger partial charge in [0.1, 0.15) is 22.1 Å². The van der Waals surface area contributed by atoms with Gasteiger partial charge in [-0.05, 0) is 55.5 Å². The lowest BCUT2D eigenvalue weighted by molar-refractivity contribution is -0.132. The molecule has 14 heteroatoms. The minimum absolute atomic E-state index is 0.0391. The van der Waals surface area contributed by atoms with Crippen LogP contribution in [0.25, 0.3) is 0 Å². The number of benzene rings is 3. The predicted molar refractivity (Wildman–Crippen MR) is 179 cm³/mol. The number of ether oxygens (including phenoxy) is 4. The Bertz CT molecular complexity index is 1950. The van der Waals surface area contributed by atoms with Crippen LogP contribution in [0.4, 0.5) is 16.2 Å². The largest absolute Gasteiger partial charge is 0.497 e. The molecule has 0 saturated carbocycles. The summed E-state index contributed by atoms with van der Waals surface area (Å²) in [6.45, 7) is 3.51. The third kappa shape index (κ3) is 5.62. The fourth-order valence-corrected chi connectivity index (χ4v) is 7.77. The van der Waals surface area contributed by atoms with Gasteiger partial charge in [0.05, 0.1) is 44.0 Å². The van der Waals surface area contributed by atoms with Gasteiger partial charge in [-0.2, -0.15) is 4.31 Å². The summed E-state index contributed by atoms with van der Waals surface area (Å²) in [5.41, 5.74) is -1.22. The molecule has 3 heterocycles. The van der Waals surface area contributed by atoms with E-state index in [1.165, 1.54) is 55.5 Å². The second kappa shape index (κ2) is 13.2. The van der Waals surface area contributed by atoms with Crippen LogP contribution in [-0.4, -0.2) is 77.3 Å². The molecule has 0 N–H and O–H groups in total. The highest BCUT2D eigenvalue weighted by Crippen LogP contribution is 2.52. The Morgan fingerprint density at radius 1 is 0.917 bits per heavy atom. The first-order valence-electron chi connectivity index (χ1n) is 15.1. The molecule has 2 amide bonds. The Labute approximate surface area is 283 Å². The number of methoxy groups -OCH3 is 2. The van der Waals surface area contributed by atoms with Gasteiger partial charge in [-0.1, -0.05) is 29.8 Å². The number of aromatic nitrogens is 1. The van der Waals surface area contributed by atoms with Crippen molar-refractivity contribution in [2.75, 3.05) is 56.2 Å². The third-order valence-corrected chi connectivity index (χ3v) is 10.3. The van der Waals surface area contributed by atoms with Crippen molar-refractivity contribution in [1.29, 1.82) is 0 Å². The van der Waals surface area contributed by atoms with Crippen molar-refractivity contribution in [2.24, 2.45) is 0 Å². The molecule has 1 aromatic heterocycles. The van der Waals surface area contributed by atoms with E-state index in [0.717, 1.165) is 5.69 Å². The standard InChI is InChI=1S/C34H33ClN4O8S/c1-4-46-29-10-6-5-9-26(29)34(47-33(41)38-18-16-37(17-19-38)24-8-7-15-36-22-24)27-20-23(35)11-13-28(27)39(32(34)40)48(42,43)31-14-12-25(44-2)21-30(31)45-3/h5-15,20-22H,4,16-19H2,1-3H3. The maximum Gasteiger partial charge on any atom is 0.411 e. The number of sulfonamides is 1. The maximum atomic E-state index is 15.0. The zero-order valence-corrected chi connectivity index (χ0v) is 28.0. The lowest BCUT2D eigenvalue weighted by Crippen LogP contribution is -2.53. The molecule has 6 rings (SSSR count). The lowest BCUT2D eigenvalue weighted by Gasteiger charge is -2.37. The van der Waals surface area contributed by atoms with E-state index >= 15 is 4.79 Å². The number of carbonyl (C=O) groups excluding carboxylic acids is 2. The van der Waals surface area contributed by atoms with Crippen LogP contribution in [0.2, 0.25) is 5.02 Å². The molecule has 3 aromatic carbocycles. The number of fused-ring (bicyclic) bond motifs is 1. The summed E-state index contributed by atoms with van der Waals surface area (Å²) in [5.74, 6) is -0.515. The molecule has 2 aliphatic rings. The Hall–Kier alpha value is -5.01. The van der Waals surface area contributed by atoms with E-state index in [4.69, 9.17) is 30.5 Å². The molecule has 1 unspecified atom stereocenters. The number of anilines is 2. The summed E-state index contributed by atoms with van der Waals surface area (Å²) in [6, 6.07) is 18.8. The second-order valence-electron chi connectivity index (χ2n) is 10.9. The van der Waals surface area contributed by atoms with Gasteiger partial charge in [0.25, 0.3) is 15.9 Å². The van der Waals surface area contributed by atoms with E-state index in [2.05, 4.69) is 9.88 Å². The van der Waals surface area contributed by atoms with Crippen molar-refractivity contribution in [2.45, 2.75) is 17.4 Å². The molecule has 0 aliphatic carbocycles. The zero-order valence-electron chi connectivity index (χ0n) is 26.5. The number of amides is 2. The molecular weight excluding hydrogens is 660 g/mol. The van der Waals surface area contributed by atoms with E-state index in [1.807, 2.05) is 12.1 Å². The smallest absolute Gasteiger partial charge is 0.411 e. The van der Waals surface area contributed by atoms with Gasteiger partial charge in [0, 0.05) is 49.0 Å². The summed E-state index contributed by atoms with van der Waals surface area (Å²) >= 11 is 6.50. The van der Waals surface area contributed by atoms with Crippen LogP contribution in [0.1, 0.15) is 18.1 Å². The van der Waals surface area contributed by atoms with Crippen molar-refractivity contribution in [3.8, 4) is 17.2 Å². The molecule has 0 spiro atoms. The van der Waals surface area contributed by atoms with E-state index in [0.29, 0.717) is 23.1 Å². The molecular formula is C34H33ClN4O8S. The quantitative estimate of drug-likeness (QED) is 0.234. The molecule has 0 radical (unpaired) electrons. The molecule has 4 aromatic rings. The third-order valence-electron chi connectivity index (χ3n) is 8.29. The number of pyridine rings is 1. The second-order valence-corrected chi connectivity index (χ2v) is 13.1. The molecule has 1 fully saturated rings.